The Labute approximate surface area is 93.8 Å². The Morgan fingerprint density at radius 3 is 2.60 bits per heavy atom. The van der Waals surface area contributed by atoms with E-state index in [4.69, 9.17) is 4.74 Å². The predicted molar refractivity (Wildman–Crippen MR) is 63.0 cm³/mol. The minimum absolute atomic E-state index is 0.607. The van der Waals surface area contributed by atoms with Crippen LogP contribution >= 0.6 is 0 Å². The molecule has 2 aliphatic carbocycles. The fourth-order valence-corrected chi connectivity index (χ4v) is 2.38. The second-order valence-electron chi connectivity index (χ2n) is 5.37. The Balaban J connectivity index is 1.60. The van der Waals surface area contributed by atoms with Gasteiger partial charge in [0.25, 0.3) is 0 Å². The smallest absolute Gasteiger partial charge is 0.0471 e. The lowest BCUT2D eigenvalue weighted by Gasteiger charge is -2.42. The highest BCUT2D eigenvalue weighted by molar-refractivity contribution is 4.92. The predicted octanol–water partition coefficient (Wildman–Crippen LogP) is 2.73. The molecule has 0 bridgehead atoms. The van der Waals surface area contributed by atoms with Crippen LogP contribution in [0.2, 0.25) is 0 Å². The van der Waals surface area contributed by atoms with Crippen molar-refractivity contribution in [3.8, 4) is 0 Å². The van der Waals surface area contributed by atoms with E-state index in [9.17, 15) is 0 Å². The first-order valence-corrected chi connectivity index (χ1v) is 6.66. The van der Waals surface area contributed by atoms with Crippen LogP contribution in [0.1, 0.15) is 51.9 Å². The van der Waals surface area contributed by atoms with E-state index >= 15 is 0 Å². The molecule has 0 saturated heterocycles. The van der Waals surface area contributed by atoms with E-state index in [1.54, 1.807) is 0 Å². The van der Waals surface area contributed by atoms with Crippen molar-refractivity contribution in [2.45, 2.75) is 57.9 Å². The number of hydrogen-bond donors (Lipinski definition) is 1. The van der Waals surface area contributed by atoms with Crippen LogP contribution in [0.3, 0.4) is 0 Å². The molecular weight excluding hydrogens is 186 g/mol. The first kappa shape index (κ1) is 11.4. The lowest BCUT2D eigenvalue weighted by molar-refractivity contribution is 0.0494. The third-order valence-corrected chi connectivity index (χ3v) is 3.88. The SMILES string of the molecule is CCCOCCC1(CNC2CC2)CCC1. The molecule has 0 aromatic rings. The molecule has 0 radical (unpaired) electrons. The molecule has 0 aromatic heterocycles. The Morgan fingerprint density at radius 1 is 1.27 bits per heavy atom. The van der Waals surface area contributed by atoms with Crippen molar-refractivity contribution in [3.05, 3.63) is 0 Å². The molecule has 1 N–H and O–H groups in total. The quantitative estimate of drug-likeness (QED) is 0.623. The second kappa shape index (κ2) is 5.31. The van der Waals surface area contributed by atoms with Crippen LogP contribution in [0.5, 0.6) is 0 Å². The van der Waals surface area contributed by atoms with Crippen LogP contribution in [0.4, 0.5) is 0 Å². The van der Waals surface area contributed by atoms with Crippen molar-refractivity contribution in [1.82, 2.24) is 5.32 Å². The minimum Gasteiger partial charge on any atom is -0.381 e. The molecule has 0 atom stereocenters. The summed E-state index contributed by atoms with van der Waals surface area (Å²) in [5, 5.41) is 3.68. The number of nitrogens with one attached hydrogen (secondary N) is 1. The highest BCUT2D eigenvalue weighted by Crippen LogP contribution is 2.43. The molecule has 0 heterocycles. The summed E-state index contributed by atoms with van der Waals surface area (Å²) in [5.41, 5.74) is 0.607. The molecule has 0 unspecified atom stereocenters. The molecule has 2 nitrogen and oxygen atoms in total. The van der Waals surface area contributed by atoms with Crippen LogP contribution in [0.15, 0.2) is 0 Å². The molecular formula is C13H25NO. The van der Waals surface area contributed by atoms with Gasteiger partial charge in [0, 0.05) is 25.8 Å². The van der Waals surface area contributed by atoms with Gasteiger partial charge < -0.3 is 10.1 Å². The van der Waals surface area contributed by atoms with Crippen molar-refractivity contribution in [1.29, 1.82) is 0 Å². The largest absolute Gasteiger partial charge is 0.381 e. The summed E-state index contributed by atoms with van der Waals surface area (Å²) in [6, 6.07) is 0.860. The lowest BCUT2D eigenvalue weighted by atomic mass is 9.67. The van der Waals surface area contributed by atoms with Crippen LogP contribution in [-0.2, 0) is 4.74 Å². The van der Waals surface area contributed by atoms with Crippen LogP contribution in [0, 0.1) is 5.41 Å². The molecule has 2 rings (SSSR count). The van der Waals surface area contributed by atoms with E-state index in [0.29, 0.717) is 5.41 Å². The molecule has 0 spiro atoms. The van der Waals surface area contributed by atoms with Gasteiger partial charge in [-0.3, -0.25) is 0 Å². The number of hydrogen-bond acceptors (Lipinski definition) is 2. The molecule has 2 saturated carbocycles. The first-order chi connectivity index (χ1) is 7.35. The summed E-state index contributed by atoms with van der Waals surface area (Å²) in [5.74, 6) is 0. The zero-order valence-electron chi connectivity index (χ0n) is 10.1. The third kappa shape index (κ3) is 3.46. The van der Waals surface area contributed by atoms with E-state index < -0.39 is 0 Å². The summed E-state index contributed by atoms with van der Waals surface area (Å²) in [6.45, 7) is 5.33. The normalized spacial score (nSPS) is 23.8. The average Bonchev–Trinajstić information content (AvgIpc) is 2.98. The maximum atomic E-state index is 5.61. The summed E-state index contributed by atoms with van der Waals surface area (Å²) in [6.07, 6.45) is 9.50. The third-order valence-electron chi connectivity index (χ3n) is 3.88. The number of rotatable bonds is 8. The molecule has 2 aliphatic rings. The topological polar surface area (TPSA) is 21.3 Å². The zero-order chi connectivity index (χ0) is 10.6. The van der Waals surface area contributed by atoms with Gasteiger partial charge in [-0.2, -0.15) is 0 Å². The summed E-state index contributed by atoms with van der Waals surface area (Å²) in [4.78, 5) is 0. The van der Waals surface area contributed by atoms with Crippen molar-refractivity contribution < 1.29 is 4.74 Å². The van der Waals surface area contributed by atoms with Crippen molar-refractivity contribution in [2.75, 3.05) is 19.8 Å². The monoisotopic (exact) mass is 211 g/mol. The van der Waals surface area contributed by atoms with E-state index in [1.807, 2.05) is 0 Å². The standard InChI is InChI=1S/C13H25NO/c1-2-9-15-10-8-13(6-3-7-13)11-14-12-4-5-12/h12,14H,2-11H2,1H3. The fraction of sp³-hybridized carbons (Fsp3) is 1.00. The summed E-state index contributed by atoms with van der Waals surface area (Å²) < 4.78 is 5.61. The molecule has 0 aliphatic heterocycles. The van der Waals surface area contributed by atoms with Gasteiger partial charge in [0.05, 0.1) is 0 Å². The summed E-state index contributed by atoms with van der Waals surface area (Å²) >= 11 is 0. The minimum atomic E-state index is 0.607. The maximum absolute atomic E-state index is 5.61. The molecule has 15 heavy (non-hydrogen) atoms. The van der Waals surface area contributed by atoms with Gasteiger partial charge in [0.2, 0.25) is 0 Å². The van der Waals surface area contributed by atoms with Gasteiger partial charge in [0.1, 0.15) is 0 Å². The fourth-order valence-electron chi connectivity index (χ4n) is 2.38. The molecule has 2 heteroatoms. The van der Waals surface area contributed by atoms with Gasteiger partial charge >= 0.3 is 0 Å². The van der Waals surface area contributed by atoms with Crippen molar-refractivity contribution in [2.24, 2.45) is 5.41 Å². The van der Waals surface area contributed by atoms with Gasteiger partial charge in [-0.15, -0.1) is 0 Å². The van der Waals surface area contributed by atoms with Gasteiger partial charge in [-0.1, -0.05) is 13.3 Å². The van der Waals surface area contributed by atoms with E-state index in [-0.39, 0.29) is 0 Å². The first-order valence-electron chi connectivity index (χ1n) is 6.66. The average molecular weight is 211 g/mol. The van der Waals surface area contributed by atoms with Crippen LogP contribution < -0.4 is 5.32 Å². The summed E-state index contributed by atoms with van der Waals surface area (Å²) in [7, 11) is 0. The van der Waals surface area contributed by atoms with Gasteiger partial charge in [0.15, 0.2) is 0 Å². The highest BCUT2D eigenvalue weighted by atomic mass is 16.5. The molecule has 0 amide bonds. The molecule has 2 fully saturated rings. The Morgan fingerprint density at radius 2 is 2.07 bits per heavy atom. The van der Waals surface area contributed by atoms with Crippen molar-refractivity contribution in [3.63, 3.8) is 0 Å². The number of ether oxygens (including phenoxy) is 1. The van der Waals surface area contributed by atoms with E-state index in [0.717, 1.165) is 25.7 Å². The lowest BCUT2D eigenvalue weighted by Crippen LogP contribution is -2.41. The Kier molecular flexibility index (Phi) is 4.04. The Hall–Kier alpha value is -0.0800. The zero-order valence-corrected chi connectivity index (χ0v) is 10.1. The second-order valence-corrected chi connectivity index (χ2v) is 5.37. The Bertz CT molecular complexity index is 185. The molecule has 88 valence electrons. The van der Waals surface area contributed by atoms with E-state index in [1.165, 1.54) is 45.1 Å². The van der Waals surface area contributed by atoms with Gasteiger partial charge in [-0.05, 0) is 43.9 Å². The van der Waals surface area contributed by atoms with Crippen molar-refractivity contribution >= 4 is 0 Å². The highest BCUT2D eigenvalue weighted by Gasteiger charge is 2.37. The van der Waals surface area contributed by atoms with Crippen LogP contribution in [0.25, 0.3) is 0 Å². The van der Waals surface area contributed by atoms with E-state index in [2.05, 4.69) is 12.2 Å². The van der Waals surface area contributed by atoms with Crippen LogP contribution in [-0.4, -0.2) is 25.8 Å². The van der Waals surface area contributed by atoms with Gasteiger partial charge in [-0.25, -0.2) is 0 Å². The maximum Gasteiger partial charge on any atom is 0.0471 e. The molecule has 0 aromatic carbocycles.